The molecule has 0 radical (unpaired) electrons. The van der Waals surface area contributed by atoms with Gasteiger partial charge in [0.05, 0.1) is 0 Å². The van der Waals surface area contributed by atoms with Gasteiger partial charge in [-0.15, -0.1) is 5.60 Å². The van der Waals surface area contributed by atoms with Crippen LogP contribution in [0.15, 0.2) is 0 Å². The van der Waals surface area contributed by atoms with Crippen molar-refractivity contribution in [3.8, 4) is 0 Å². The zero-order valence-corrected chi connectivity index (χ0v) is 12.0. The van der Waals surface area contributed by atoms with Gasteiger partial charge in [0, 0.05) is 0 Å². The minimum absolute atomic E-state index is 0. The SMILES string of the molecule is CC(C)C1CCC(C)([O-])CC1.[K+]. The summed E-state index contributed by atoms with van der Waals surface area (Å²) in [5.41, 5.74) is -0.606. The molecule has 0 unspecified atom stereocenters. The first-order valence-electron chi connectivity index (χ1n) is 4.72. The van der Waals surface area contributed by atoms with Gasteiger partial charge in [0.2, 0.25) is 0 Å². The molecule has 1 aliphatic carbocycles. The summed E-state index contributed by atoms with van der Waals surface area (Å²) < 4.78 is 0. The van der Waals surface area contributed by atoms with E-state index >= 15 is 0 Å². The van der Waals surface area contributed by atoms with Crippen molar-refractivity contribution in [1.82, 2.24) is 0 Å². The molecule has 0 heterocycles. The maximum atomic E-state index is 11.5. The van der Waals surface area contributed by atoms with Crippen LogP contribution in [0, 0.1) is 11.8 Å². The van der Waals surface area contributed by atoms with Gasteiger partial charge in [-0.2, -0.15) is 0 Å². The van der Waals surface area contributed by atoms with Crippen LogP contribution in [0.25, 0.3) is 0 Å². The van der Waals surface area contributed by atoms with E-state index in [2.05, 4.69) is 13.8 Å². The van der Waals surface area contributed by atoms with Crippen LogP contribution in [0.4, 0.5) is 0 Å². The van der Waals surface area contributed by atoms with E-state index in [9.17, 15) is 5.11 Å². The Labute approximate surface area is 119 Å². The average Bonchev–Trinajstić information content (AvgIpc) is 1.86. The van der Waals surface area contributed by atoms with E-state index in [0.29, 0.717) is 0 Å². The number of rotatable bonds is 1. The number of hydrogen-bond donors (Lipinski definition) is 0. The molecule has 2 heteroatoms. The molecule has 0 aliphatic heterocycles. The van der Waals surface area contributed by atoms with E-state index in [-0.39, 0.29) is 51.4 Å². The summed E-state index contributed by atoms with van der Waals surface area (Å²) in [5.74, 6) is 1.59. The van der Waals surface area contributed by atoms with Crippen molar-refractivity contribution in [3.05, 3.63) is 0 Å². The fraction of sp³-hybridized carbons (Fsp3) is 1.00. The molecule has 1 rings (SSSR count). The van der Waals surface area contributed by atoms with Gasteiger partial charge < -0.3 is 5.11 Å². The van der Waals surface area contributed by atoms with Crippen molar-refractivity contribution < 1.29 is 56.5 Å². The Bertz CT molecular complexity index is 122. The molecule has 66 valence electrons. The smallest absolute Gasteiger partial charge is 0.850 e. The fourth-order valence-corrected chi connectivity index (χ4v) is 1.92. The predicted octanol–water partition coefficient (Wildman–Crippen LogP) is -1.04. The molecule has 0 atom stereocenters. The molecule has 0 aromatic carbocycles. The maximum absolute atomic E-state index is 11.5. The van der Waals surface area contributed by atoms with E-state index in [1.54, 1.807) is 0 Å². The molecular formula is C10H19KO. The minimum Gasteiger partial charge on any atom is -0.850 e. The molecule has 1 saturated carbocycles. The van der Waals surface area contributed by atoms with Crippen molar-refractivity contribution in [1.29, 1.82) is 0 Å². The second-order valence-electron chi connectivity index (χ2n) is 4.53. The Hall–Kier alpha value is 1.60. The van der Waals surface area contributed by atoms with Gasteiger partial charge in [0.1, 0.15) is 0 Å². The first-order chi connectivity index (χ1) is 5.01. The van der Waals surface area contributed by atoms with E-state index in [1.165, 1.54) is 0 Å². The summed E-state index contributed by atoms with van der Waals surface area (Å²) in [5, 5.41) is 11.5. The van der Waals surface area contributed by atoms with E-state index in [1.807, 2.05) is 6.92 Å². The van der Waals surface area contributed by atoms with E-state index < -0.39 is 5.60 Å². The summed E-state index contributed by atoms with van der Waals surface area (Å²) in [4.78, 5) is 0. The second kappa shape index (κ2) is 5.47. The predicted molar refractivity (Wildman–Crippen MR) is 45.2 cm³/mol. The van der Waals surface area contributed by atoms with Crippen molar-refractivity contribution in [2.75, 3.05) is 0 Å². The molecule has 0 spiro atoms. The topological polar surface area (TPSA) is 23.1 Å². The van der Waals surface area contributed by atoms with Gasteiger partial charge in [-0.3, -0.25) is 0 Å². The molecule has 1 aliphatic rings. The van der Waals surface area contributed by atoms with Gasteiger partial charge in [-0.1, -0.05) is 46.5 Å². The summed E-state index contributed by atoms with van der Waals surface area (Å²) in [6.45, 7) is 6.37. The zero-order valence-electron chi connectivity index (χ0n) is 8.89. The van der Waals surface area contributed by atoms with Gasteiger partial charge in [0.15, 0.2) is 0 Å². The molecule has 0 amide bonds. The van der Waals surface area contributed by atoms with Crippen molar-refractivity contribution in [3.63, 3.8) is 0 Å². The summed E-state index contributed by atoms with van der Waals surface area (Å²) >= 11 is 0. The summed E-state index contributed by atoms with van der Waals surface area (Å²) in [6.07, 6.45) is 4.07. The average molecular weight is 194 g/mol. The van der Waals surface area contributed by atoms with Crippen LogP contribution in [0.5, 0.6) is 0 Å². The Morgan fingerprint density at radius 3 is 2.00 bits per heavy atom. The van der Waals surface area contributed by atoms with Crippen LogP contribution in [0.3, 0.4) is 0 Å². The fourth-order valence-electron chi connectivity index (χ4n) is 1.92. The zero-order chi connectivity index (χ0) is 8.48. The van der Waals surface area contributed by atoms with Gasteiger partial charge in [-0.05, 0) is 11.8 Å². The maximum Gasteiger partial charge on any atom is 1.00 e. The normalized spacial score (nSPS) is 36.2. The van der Waals surface area contributed by atoms with Crippen LogP contribution in [-0.2, 0) is 0 Å². The van der Waals surface area contributed by atoms with Crippen LogP contribution in [-0.4, -0.2) is 5.60 Å². The standard InChI is InChI=1S/C10H19O.K/c1-8(2)9-4-6-10(3,11)7-5-9;/h8-9H,4-7H2,1-3H3;/q-1;+1. The summed E-state index contributed by atoms with van der Waals surface area (Å²) in [6, 6.07) is 0. The van der Waals surface area contributed by atoms with Crippen LogP contribution >= 0.6 is 0 Å². The van der Waals surface area contributed by atoms with Crippen molar-refractivity contribution >= 4 is 0 Å². The number of hydrogen-bond acceptors (Lipinski definition) is 1. The van der Waals surface area contributed by atoms with Gasteiger partial charge in [-0.25, -0.2) is 0 Å². The Morgan fingerprint density at radius 1 is 1.25 bits per heavy atom. The van der Waals surface area contributed by atoms with E-state index in [4.69, 9.17) is 0 Å². The molecule has 1 nitrogen and oxygen atoms in total. The molecule has 1 fully saturated rings. The third-order valence-corrected chi connectivity index (χ3v) is 3.03. The first kappa shape index (κ1) is 13.6. The molecular weight excluding hydrogens is 175 g/mol. The largest absolute Gasteiger partial charge is 1.00 e. The minimum atomic E-state index is -0.606. The summed E-state index contributed by atoms with van der Waals surface area (Å²) in [7, 11) is 0. The third-order valence-electron chi connectivity index (χ3n) is 3.03. The molecule has 0 aromatic heterocycles. The molecule has 12 heavy (non-hydrogen) atoms. The Kier molecular flexibility index (Phi) is 6.20. The van der Waals surface area contributed by atoms with E-state index in [0.717, 1.165) is 37.5 Å². The van der Waals surface area contributed by atoms with Gasteiger partial charge >= 0.3 is 51.4 Å². The quantitative estimate of drug-likeness (QED) is 0.489. The monoisotopic (exact) mass is 194 g/mol. The van der Waals surface area contributed by atoms with Crippen LogP contribution < -0.4 is 56.5 Å². The Balaban J connectivity index is 0.00000121. The molecule has 0 bridgehead atoms. The third kappa shape index (κ3) is 4.21. The first-order valence-corrected chi connectivity index (χ1v) is 4.72. The van der Waals surface area contributed by atoms with Crippen LogP contribution in [0.2, 0.25) is 0 Å². The van der Waals surface area contributed by atoms with Crippen molar-refractivity contribution in [2.24, 2.45) is 11.8 Å². The van der Waals surface area contributed by atoms with Gasteiger partial charge in [0.25, 0.3) is 0 Å². The van der Waals surface area contributed by atoms with Crippen molar-refractivity contribution in [2.45, 2.75) is 52.1 Å². The molecule has 0 N–H and O–H groups in total. The molecule has 0 aromatic rings. The molecule has 0 saturated heterocycles. The second-order valence-corrected chi connectivity index (χ2v) is 4.53. The Morgan fingerprint density at radius 2 is 1.67 bits per heavy atom. The van der Waals surface area contributed by atoms with Crippen LogP contribution in [0.1, 0.15) is 46.5 Å².